The number of carbonyl (C=O) groups is 2. The molecule has 2 aliphatic rings. The monoisotopic (exact) mass is 364 g/mol. The Hall–Kier alpha value is -1.77. The Labute approximate surface area is 156 Å². The highest BCUT2D eigenvalue weighted by Gasteiger charge is 2.56. The predicted molar refractivity (Wildman–Crippen MR) is 97.3 cm³/mol. The van der Waals surface area contributed by atoms with Crippen molar-refractivity contribution in [1.82, 2.24) is 4.90 Å². The number of ether oxygens (including phenoxy) is 1. The molecular formula is C20H32N2O4. The molecular weight excluding hydrogens is 332 g/mol. The van der Waals surface area contributed by atoms with Crippen LogP contribution in [0.2, 0.25) is 0 Å². The smallest absolute Gasteiger partial charge is 0.407 e. The quantitative estimate of drug-likeness (QED) is 0.760. The van der Waals surface area contributed by atoms with E-state index in [4.69, 9.17) is 4.74 Å². The number of esters is 1. The van der Waals surface area contributed by atoms with Crippen molar-refractivity contribution in [1.29, 1.82) is 5.26 Å². The van der Waals surface area contributed by atoms with E-state index in [1.165, 1.54) is 4.90 Å². The second kappa shape index (κ2) is 7.85. The average molecular weight is 364 g/mol. The third-order valence-corrected chi connectivity index (χ3v) is 6.41. The number of nitrogens with zero attached hydrogens (tertiary/aromatic N) is 2. The molecule has 1 heterocycles. The van der Waals surface area contributed by atoms with Gasteiger partial charge in [-0.15, -0.1) is 0 Å². The van der Waals surface area contributed by atoms with Crippen LogP contribution < -0.4 is 0 Å². The number of nitriles is 1. The molecule has 0 aromatic rings. The summed E-state index contributed by atoms with van der Waals surface area (Å²) in [6.07, 6.45) is 4.39. The maximum absolute atomic E-state index is 12.6. The van der Waals surface area contributed by atoms with Crippen molar-refractivity contribution < 1.29 is 19.4 Å². The molecule has 1 amide bonds. The van der Waals surface area contributed by atoms with Gasteiger partial charge in [0.1, 0.15) is 5.92 Å². The normalized spacial score (nSPS) is 28.4. The summed E-state index contributed by atoms with van der Waals surface area (Å²) < 4.78 is 5.24. The van der Waals surface area contributed by atoms with Crippen LogP contribution in [0.3, 0.4) is 0 Å². The van der Waals surface area contributed by atoms with Gasteiger partial charge in [0.25, 0.3) is 0 Å². The molecule has 146 valence electrons. The first-order valence-electron chi connectivity index (χ1n) is 9.73. The minimum Gasteiger partial charge on any atom is -0.465 e. The van der Waals surface area contributed by atoms with Crippen molar-refractivity contribution in [3.63, 3.8) is 0 Å². The summed E-state index contributed by atoms with van der Waals surface area (Å²) in [6.45, 7) is 8.46. The average Bonchev–Trinajstić information content (AvgIpc) is 3.09. The lowest BCUT2D eigenvalue weighted by Gasteiger charge is -2.53. The van der Waals surface area contributed by atoms with E-state index in [1.54, 1.807) is 6.92 Å². The first-order valence-corrected chi connectivity index (χ1v) is 9.73. The van der Waals surface area contributed by atoms with E-state index in [1.807, 2.05) is 20.8 Å². The molecule has 1 aliphatic carbocycles. The molecule has 26 heavy (non-hydrogen) atoms. The molecule has 1 aliphatic heterocycles. The zero-order valence-corrected chi connectivity index (χ0v) is 16.5. The van der Waals surface area contributed by atoms with Crippen molar-refractivity contribution in [2.45, 2.75) is 72.3 Å². The van der Waals surface area contributed by atoms with E-state index in [2.05, 4.69) is 6.07 Å². The molecule has 0 radical (unpaired) electrons. The maximum atomic E-state index is 12.6. The number of likely N-dealkylation sites (tertiary alicyclic amines) is 1. The first kappa shape index (κ1) is 20.5. The number of hydrogen-bond acceptors (Lipinski definition) is 4. The Morgan fingerprint density at radius 3 is 2.42 bits per heavy atom. The van der Waals surface area contributed by atoms with Crippen molar-refractivity contribution >= 4 is 12.1 Å². The Balaban J connectivity index is 2.46. The minimum atomic E-state index is -0.922. The molecule has 0 aromatic carbocycles. The van der Waals surface area contributed by atoms with Crippen LogP contribution in [0, 0.1) is 34.0 Å². The topological polar surface area (TPSA) is 90.6 Å². The second-order valence-electron chi connectivity index (χ2n) is 8.84. The van der Waals surface area contributed by atoms with Gasteiger partial charge in [0.15, 0.2) is 0 Å². The SMILES string of the molecule is CCOC(=O)C(C#N)C1(C2CCCC2)CCN(C(=O)O)C(C(C)(C)C)C1. The third-order valence-electron chi connectivity index (χ3n) is 6.41. The first-order chi connectivity index (χ1) is 12.2. The van der Waals surface area contributed by atoms with Gasteiger partial charge in [-0.2, -0.15) is 5.26 Å². The van der Waals surface area contributed by atoms with Crippen LogP contribution in [-0.4, -0.2) is 41.3 Å². The highest BCUT2D eigenvalue weighted by Crippen LogP contribution is 2.55. The number of piperidine rings is 1. The van der Waals surface area contributed by atoms with E-state index in [0.717, 1.165) is 25.7 Å². The van der Waals surface area contributed by atoms with Crippen molar-refractivity contribution in [2.24, 2.45) is 22.7 Å². The molecule has 2 fully saturated rings. The van der Waals surface area contributed by atoms with Crippen LogP contribution in [0.5, 0.6) is 0 Å². The summed E-state index contributed by atoms with van der Waals surface area (Å²) in [6, 6.07) is 2.03. The predicted octanol–water partition coefficient (Wildman–Crippen LogP) is 4.05. The molecule has 0 bridgehead atoms. The zero-order chi connectivity index (χ0) is 19.5. The Morgan fingerprint density at radius 2 is 1.96 bits per heavy atom. The molecule has 0 aromatic heterocycles. The molecule has 1 saturated carbocycles. The standard InChI is InChI=1S/C20H32N2O4/c1-5-26-17(23)15(13-21)20(14-8-6-7-9-14)10-11-22(18(24)25)16(12-20)19(2,3)4/h14-16H,5-12H2,1-4H3,(H,24,25). The number of hydrogen-bond donors (Lipinski definition) is 1. The Kier molecular flexibility index (Phi) is 6.21. The summed E-state index contributed by atoms with van der Waals surface area (Å²) >= 11 is 0. The second-order valence-corrected chi connectivity index (χ2v) is 8.84. The van der Waals surface area contributed by atoms with Gasteiger partial charge in [0.2, 0.25) is 0 Å². The lowest BCUT2D eigenvalue weighted by Crippen LogP contribution is -2.58. The van der Waals surface area contributed by atoms with Gasteiger partial charge in [-0.05, 0) is 43.9 Å². The van der Waals surface area contributed by atoms with Crippen LogP contribution in [0.25, 0.3) is 0 Å². The van der Waals surface area contributed by atoms with Gasteiger partial charge in [-0.3, -0.25) is 4.79 Å². The van der Waals surface area contributed by atoms with E-state index < -0.39 is 23.4 Å². The summed E-state index contributed by atoms with van der Waals surface area (Å²) in [5, 5.41) is 19.6. The zero-order valence-electron chi connectivity index (χ0n) is 16.5. The van der Waals surface area contributed by atoms with Gasteiger partial charge in [-0.25, -0.2) is 4.79 Å². The molecule has 6 nitrogen and oxygen atoms in total. The molecule has 0 spiro atoms. The largest absolute Gasteiger partial charge is 0.465 e. The molecule has 3 atom stereocenters. The molecule has 3 unspecified atom stereocenters. The van der Waals surface area contributed by atoms with E-state index >= 15 is 0 Å². The fourth-order valence-corrected chi connectivity index (χ4v) is 5.07. The van der Waals surface area contributed by atoms with Gasteiger partial charge < -0.3 is 14.7 Å². The highest BCUT2D eigenvalue weighted by atomic mass is 16.5. The Morgan fingerprint density at radius 1 is 1.35 bits per heavy atom. The van der Waals surface area contributed by atoms with Crippen LogP contribution in [-0.2, 0) is 9.53 Å². The van der Waals surface area contributed by atoms with E-state index in [0.29, 0.717) is 19.4 Å². The van der Waals surface area contributed by atoms with Crippen molar-refractivity contribution in [2.75, 3.05) is 13.2 Å². The van der Waals surface area contributed by atoms with Crippen molar-refractivity contribution in [3.05, 3.63) is 0 Å². The summed E-state index contributed by atoms with van der Waals surface area (Å²) in [5.41, 5.74) is -0.765. The number of carbonyl (C=O) groups excluding carboxylic acids is 1. The minimum absolute atomic E-state index is 0.223. The fourth-order valence-electron chi connectivity index (χ4n) is 5.07. The van der Waals surface area contributed by atoms with Crippen LogP contribution in [0.4, 0.5) is 4.79 Å². The molecule has 1 saturated heterocycles. The summed E-state index contributed by atoms with van der Waals surface area (Å²) in [7, 11) is 0. The fraction of sp³-hybridized carbons (Fsp3) is 0.850. The third kappa shape index (κ3) is 3.82. The van der Waals surface area contributed by atoms with Crippen molar-refractivity contribution in [3.8, 4) is 6.07 Å². The highest BCUT2D eigenvalue weighted by molar-refractivity contribution is 5.76. The maximum Gasteiger partial charge on any atom is 0.407 e. The number of rotatable bonds is 4. The molecule has 2 rings (SSSR count). The van der Waals surface area contributed by atoms with Crippen LogP contribution >= 0.6 is 0 Å². The van der Waals surface area contributed by atoms with Crippen LogP contribution in [0.1, 0.15) is 66.2 Å². The van der Waals surface area contributed by atoms with Gasteiger partial charge >= 0.3 is 12.1 Å². The molecule has 6 heteroatoms. The summed E-state index contributed by atoms with van der Waals surface area (Å²) in [4.78, 5) is 25.9. The lowest BCUT2D eigenvalue weighted by molar-refractivity contribution is -0.155. The molecule has 1 N–H and O–H groups in total. The lowest BCUT2D eigenvalue weighted by atomic mass is 9.57. The van der Waals surface area contributed by atoms with Gasteiger partial charge in [-0.1, -0.05) is 33.6 Å². The van der Waals surface area contributed by atoms with E-state index in [9.17, 15) is 20.0 Å². The number of carboxylic acid groups (broad SMARTS) is 1. The number of amides is 1. The summed E-state index contributed by atoms with van der Waals surface area (Å²) in [5.74, 6) is -0.998. The van der Waals surface area contributed by atoms with Gasteiger partial charge in [0.05, 0.1) is 12.7 Å². The van der Waals surface area contributed by atoms with Crippen LogP contribution in [0.15, 0.2) is 0 Å². The van der Waals surface area contributed by atoms with E-state index in [-0.39, 0.29) is 24.0 Å². The Bertz CT molecular complexity index is 571. The van der Waals surface area contributed by atoms with Gasteiger partial charge in [0, 0.05) is 18.0 Å².